The fraction of sp³-hybridized carbons (Fsp3) is 0.276. The van der Waals surface area contributed by atoms with E-state index in [4.69, 9.17) is 16.6 Å². The Labute approximate surface area is 226 Å². The molecule has 1 N–H and O–H groups in total. The Hall–Kier alpha value is -4.04. The number of pyridine rings is 1. The van der Waals surface area contributed by atoms with Crippen molar-refractivity contribution in [3.8, 4) is 28.2 Å². The Morgan fingerprint density at radius 2 is 1.79 bits per heavy atom. The Morgan fingerprint density at radius 3 is 2.50 bits per heavy atom. The van der Waals surface area contributed by atoms with Gasteiger partial charge in [0.15, 0.2) is 0 Å². The standard InChI is InChI=1S/C29H30ClN7O/c1-3-5-11-23-19-37(27-20(9-4-2)10-8-14-26(27)30)29(38)36(23)18-22-16-15-21(17-31-22)24-12-6-7-13-25(24)28-32-34-35-33-28/h6-8,10,12-17,19H,3-5,9,11,18H2,1-2H3,(H,32,33,34,35). The number of rotatable bonds is 10. The largest absolute Gasteiger partial charge is 0.333 e. The first kappa shape index (κ1) is 25.6. The van der Waals surface area contributed by atoms with Gasteiger partial charge in [-0.15, -0.1) is 10.2 Å². The molecule has 0 amide bonds. The van der Waals surface area contributed by atoms with Crippen LogP contribution < -0.4 is 5.69 Å². The maximum Gasteiger partial charge on any atom is 0.333 e. The van der Waals surface area contributed by atoms with E-state index in [-0.39, 0.29) is 5.69 Å². The molecule has 0 saturated carbocycles. The summed E-state index contributed by atoms with van der Waals surface area (Å²) in [5, 5.41) is 15.0. The van der Waals surface area contributed by atoms with Crippen molar-refractivity contribution in [1.29, 1.82) is 0 Å². The van der Waals surface area contributed by atoms with Gasteiger partial charge in [-0.3, -0.25) is 14.1 Å². The van der Waals surface area contributed by atoms with Crippen LogP contribution in [0.4, 0.5) is 0 Å². The van der Waals surface area contributed by atoms with E-state index in [1.807, 2.05) is 71.6 Å². The summed E-state index contributed by atoms with van der Waals surface area (Å²) in [6, 6.07) is 17.7. The maximum absolute atomic E-state index is 13.7. The molecule has 9 heteroatoms. The number of aryl methyl sites for hydroxylation is 2. The molecule has 0 aliphatic carbocycles. The zero-order chi connectivity index (χ0) is 26.5. The fourth-order valence-corrected chi connectivity index (χ4v) is 5.04. The highest BCUT2D eigenvalue weighted by molar-refractivity contribution is 6.32. The average Bonchev–Trinajstić information content (AvgIpc) is 3.58. The third-order valence-corrected chi connectivity index (χ3v) is 6.95. The molecule has 8 nitrogen and oxygen atoms in total. The molecular formula is C29H30ClN7O. The minimum atomic E-state index is -0.102. The van der Waals surface area contributed by atoms with Crippen molar-refractivity contribution in [2.75, 3.05) is 0 Å². The third kappa shape index (κ3) is 5.17. The number of unbranched alkanes of at least 4 members (excludes halogenated alkanes) is 1. The van der Waals surface area contributed by atoms with E-state index in [0.29, 0.717) is 17.4 Å². The van der Waals surface area contributed by atoms with Crippen molar-refractivity contribution in [3.05, 3.63) is 99.4 Å². The zero-order valence-corrected chi connectivity index (χ0v) is 22.3. The summed E-state index contributed by atoms with van der Waals surface area (Å²) in [4.78, 5) is 18.5. The van der Waals surface area contributed by atoms with Crippen LogP contribution in [0.1, 0.15) is 50.1 Å². The predicted octanol–water partition coefficient (Wildman–Crippen LogP) is 5.88. The number of aromatic nitrogens is 7. The van der Waals surface area contributed by atoms with Crippen molar-refractivity contribution >= 4 is 11.6 Å². The van der Waals surface area contributed by atoms with E-state index < -0.39 is 0 Å². The Kier molecular flexibility index (Phi) is 7.79. The molecule has 0 fully saturated rings. The van der Waals surface area contributed by atoms with Crippen LogP contribution >= 0.6 is 11.6 Å². The van der Waals surface area contributed by atoms with E-state index >= 15 is 0 Å². The number of tetrazole rings is 1. The summed E-state index contributed by atoms with van der Waals surface area (Å²) < 4.78 is 3.54. The Bertz CT molecular complexity index is 1570. The minimum absolute atomic E-state index is 0.102. The number of H-pyrrole nitrogens is 1. The van der Waals surface area contributed by atoms with Gasteiger partial charge < -0.3 is 0 Å². The van der Waals surface area contributed by atoms with Crippen molar-refractivity contribution in [3.63, 3.8) is 0 Å². The quantitative estimate of drug-likeness (QED) is 0.245. The normalized spacial score (nSPS) is 11.2. The molecule has 0 aliphatic heterocycles. The number of hydrogen-bond donors (Lipinski definition) is 1. The third-order valence-electron chi connectivity index (χ3n) is 6.65. The topological polar surface area (TPSA) is 94.3 Å². The van der Waals surface area contributed by atoms with Gasteiger partial charge in [-0.25, -0.2) is 4.79 Å². The monoisotopic (exact) mass is 527 g/mol. The molecule has 5 rings (SSSR count). The van der Waals surface area contributed by atoms with Crippen LogP contribution in [0.2, 0.25) is 5.02 Å². The number of para-hydroxylation sites is 1. The minimum Gasteiger partial charge on any atom is -0.290 e. The van der Waals surface area contributed by atoms with E-state index in [0.717, 1.165) is 71.4 Å². The first-order chi connectivity index (χ1) is 18.6. The molecule has 0 radical (unpaired) electrons. The summed E-state index contributed by atoms with van der Waals surface area (Å²) in [6.07, 6.45) is 8.45. The lowest BCUT2D eigenvalue weighted by atomic mass is 10.0. The lowest BCUT2D eigenvalue weighted by Gasteiger charge is -2.11. The van der Waals surface area contributed by atoms with Crippen LogP contribution in [-0.2, 0) is 19.4 Å². The molecule has 0 saturated heterocycles. The molecule has 3 heterocycles. The summed E-state index contributed by atoms with van der Waals surface area (Å²) in [7, 11) is 0. The first-order valence-electron chi connectivity index (χ1n) is 13.0. The smallest absolute Gasteiger partial charge is 0.290 e. The van der Waals surface area contributed by atoms with Gasteiger partial charge in [0.25, 0.3) is 0 Å². The lowest BCUT2D eigenvalue weighted by molar-refractivity contribution is 0.664. The summed E-state index contributed by atoms with van der Waals surface area (Å²) in [6.45, 7) is 4.66. The number of aromatic amines is 1. The highest BCUT2D eigenvalue weighted by atomic mass is 35.5. The second-order valence-electron chi connectivity index (χ2n) is 9.28. The molecule has 0 unspecified atom stereocenters. The number of nitrogens with one attached hydrogen (secondary N) is 1. The number of halogens is 1. The molecular weight excluding hydrogens is 498 g/mol. The number of benzene rings is 2. The molecule has 0 spiro atoms. The van der Waals surface area contributed by atoms with Crippen LogP contribution in [0.25, 0.3) is 28.2 Å². The molecule has 194 valence electrons. The highest BCUT2D eigenvalue weighted by Crippen LogP contribution is 2.29. The SMILES string of the molecule is CCCCc1cn(-c2c(Cl)cccc2CCC)c(=O)n1Cc1ccc(-c2ccccc2-c2nn[nH]n2)cn1. The maximum atomic E-state index is 13.7. The van der Waals surface area contributed by atoms with Gasteiger partial charge in [-0.1, -0.05) is 80.8 Å². The van der Waals surface area contributed by atoms with E-state index in [9.17, 15) is 4.79 Å². The van der Waals surface area contributed by atoms with Crippen molar-refractivity contribution in [1.82, 2.24) is 34.7 Å². The van der Waals surface area contributed by atoms with Gasteiger partial charge in [0, 0.05) is 29.2 Å². The van der Waals surface area contributed by atoms with Gasteiger partial charge in [0.05, 0.1) is 22.9 Å². The highest BCUT2D eigenvalue weighted by Gasteiger charge is 2.18. The van der Waals surface area contributed by atoms with Crippen LogP contribution in [0.5, 0.6) is 0 Å². The second-order valence-corrected chi connectivity index (χ2v) is 9.69. The molecule has 2 aromatic carbocycles. The number of hydrogen-bond acceptors (Lipinski definition) is 5. The van der Waals surface area contributed by atoms with Crippen LogP contribution in [0.15, 0.2) is 71.8 Å². The molecule has 3 aromatic heterocycles. The second kappa shape index (κ2) is 11.6. The molecule has 0 atom stereocenters. The van der Waals surface area contributed by atoms with E-state index in [1.54, 1.807) is 4.57 Å². The molecule has 38 heavy (non-hydrogen) atoms. The van der Waals surface area contributed by atoms with Gasteiger partial charge in [0.1, 0.15) is 0 Å². The van der Waals surface area contributed by atoms with Crippen molar-refractivity contribution in [2.45, 2.75) is 52.5 Å². The summed E-state index contributed by atoms with van der Waals surface area (Å²) in [5.41, 5.74) is 6.29. The van der Waals surface area contributed by atoms with E-state index in [1.165, 1.54) is 0 Å². The molecule has 0 bridgehead atoms. The van der Waals surface area contributed by atoms with Gasteiger partial charge in [-0.2, -0.15) is 5.21 Å². The van der Waals surface area contributed by atoms with Crippen LogP contribution in [0, 0.1) is 0 Å². The van der Waals surface area contributed by atoms with Gasteiger partial charge in [-0.05, 0) is 47.7 Å². The van der Waals surface area contributed by atoms with Crippen LogP contribution in [-0.4, -0.2) is 34.7 Å². The van der Waals surface area contributed by atoms with Crippen molar-refractivity contribution < 1.29 is 0 Å². The van der Waals surface area contributed by atoms with Crippen molar-refractivity contribution in [2.24, 2.45) is 0 Å². The molecule has 0 aliphatic rings. The molecule has 5 aromatic rings. The Morgan fingerprint density at radius 1 is 0.947 bits per heavy atom. The summed E-state index contributed by atoms with van der Waals surface area (Å²) in [5.74, 6) is 0.528. The number of imidazole rings is 1. The first-order valence-corrected chi connectivity index (χ1v) is 13.4. The van der Waals surface area contributed by atoms with Crippen LogP contribution in [0.3, 0.4) is 0 Å². The van der Waals surface area contributed by atoms with Gasteiger partial charge in [0.2, 0.25) is 5.82 Å². The Balaban J connectivity index is 1.50. The fourth-order valence-electron chi connectivity index (χ4n) is 4.76. The summed E-state index contributed by atoms with van der Waals surface area (Å²) >= 11 is 6.63. The van der Waals surface area contributed by atoms with E-state index in [2.05, 4.69) is 34.5 Å². The predicted molar refractivity (Wildman–Crippen MR) is 150 cm³/mol. The lowest BCUT2D eigenvalue weighted by Crippen LogP contribution is -2.25. The van der Waals surface area contributed by atoms with Gasteiger partial charge >= 0.3 is 5.69 Å². The zero-order valence-electron chi connectivity index (χ0n) is 21.6. The number of nitrogens with zero attached hydrogens (tertiary/aromatic N) is 6. The average molecular weight is 528 g/mol.